The Morgan fingerprint density at radius 3 is 2.58 bits per heavy atom. The van der Waals surface area contributed by atoms with Crippen molar-refractivity contribution in [3.05, 3.63) is 95.4 Å². The van der Waals surface area contributed by atoms with Crippen molar-refractivity contribution in [1.29, 1.82) is 0 Å². The number of carbonyl (C=O) groups is 1. The molecule has 33 heavy (non-hydrogen) atoms. The first kappa shape index (κ1) is 22.5. The highest BCUT2D eigenvalue weighted by molar-refractivity contribution is 7.92. The number of aromatic nitrogens is 3. The molecule has 0 saturated carbocycles. The minimum atomic E-state index is -3.91. The van der Waals surface area contributed by atoms with E-state index < -0.39 is 15.9 Å². The molecule has 8 nitrogen and oxygen atoms in total. The lowest BCUT2D eigenvalue weighted by molar-refractivity contribution is 0.102. The number of hydrogen-bond donors (Lipinski definition) is 2. The Bertz CT molecular complexity index is 1400. The van der Waals surface area contributed by atoms with Crippen LogP contribution in [-0.4, -0.2) is 29.1 Å². The Labute approximate surface area is 196 Å². The van der Waals surface area contributed by atoms with Gasteiger partial charge >= 0.3 is 0 Å². The zero-order chi connectivity index (χ0) is 23.4. The molecule has 10 heteroatoms. The molecule has 0 aliphatic heterocycles. The number of carbonyl (C=O) groups excluding carboxylic acids is 1. The van der Waals surface area contributed by atoms with E-state index in [9.17, 15) is 13.2 Å². The Morgan fingerprint density at radius 1 is 1.06 bits per heavy atom. The Kier molecular flexibility index (Phi) is 6.43. The third kappa shape index (κ3) is 4.89. The van der Waals surface area contributed by atoms with E-state index in [1.54, 1.807) is 59.4 Å². The van der Waals surface area contributed by atoms with Crippen molar-refractivity contribution in [2.45, 2.75) is 18.2 Å². The van der Waals surface area contributed by atoms with E-state index in [2.05, 4.69) is 20.1 Å². The zero-order valence-corrected chi connectivity index (χ0v) is 19.1. The van der Waals surface area contributed by atoms with Gasteiger partial charge < -0.3 is 5.32 Å². The molecule has 0 spiro atoms. The van der Waals surface area contributed by atoms with Crippen LogP contribution in [0.4, 0.5) is 11.4 Å². The number of pyridine rings is 1. The van der Waals surface area contributed by atoms with Crippen LogP contribution in [0.15, 0.2) is 84.0 Å². The minimum absolute atomic E-state index is 0.0138. The van der Waals surface area contributed by atoms with E-state index in [0.717, 1.165) is 0 Å². The van der Waals surface area contributed by atoms with Gasteiger partial charge in [-0.3, -0.25) is 9.52 Å². The van der Waals surface area contributed by atoms with Gasteiger partial charge in [0.2, 0.25) is 0 Å². The van der Waals surface area contributed by atoms with Gasteiger partial charge in [-0.1, -0.05) is 42.8 Å². The van der Waals surface area contributed by atoms with Gasteiger partial charge in [0.25, 0.3) is 15.9 Å². The third-order valence-electron chi connectivity index (χ3n) is 4.84. The highest BCUT2D eigenvalue weighted by Crippen LogP contribution is 2.25. The molecule has 0 unspecified atom stereocenters. The fourth-order valence-electron chi connectivity index (χ4n) is 3.27. The molecule has 2 N–H and O–H groups in total. The van der Waals surface area contributed by atoms with Crippen molar-refractivity contribution in [3.63, 3.8) is 0 Å². The fourth-order valence-corrected chi connectivity index (χ4v) is 4.63. The van der Waals surface area contributed by atoms with Crippen molar-refractivity contribution in [3.8, 4) is 5.82 Å². The fraction of sp³-hybridized carbons (Fsp3) is 0.0870. The van der Waals surface area contributed by atoms with Crippen LogP contribution in [0, 0.1) is 0 Å². The van der Waals surface area contributed by atoms with E-state index in [0.29, 0.717) is 29.2 Å². The highest BCUT2D eigenvalue weighted by atomic mass is 35.5. The molecule has 0 saturated heterocycles. The van der Waals surface area contributed by atoms with Crippen molar-refractivity contribution < 1.29 is 13.2 Å². The van der Waals surface area contributed by atoms with Crippen molar-refractivity contribution in [1.82, 2.24) is 14.8 Å². The second kappa shape index (κ2) is 9.43. The third-order valence-corrected chi connectivity index (χ3v) is 6.53. The number of nitrogens with one attached hydrogen (secondary N) is 2. The molecule has 0 atom stereocenters. The summed E-state index contributed by atoms with van der Waals surface area (Å²) in [7, 11) is -3.91. The molecule has 2 aromatic heterocycles. The number of nitrogens with zero attached hydrogens (tertiary/aromatic N) is 3. The summed E-state index contributed by atoms with van der Waals surface area (Å²) in [5.74, 6) is 0.203. The topological polar surface area (TPSA) is 106 Å². The van der Waals surface area contributed by atoms with E-state index in [-0.39, 0.29) is 15.6 Å². The molecule has 2 aromatic carbocycles. The molecule has 0 radical (unpaired) electrons. The first-order valence-corrected chi connectivity index (χ1v) is 11.9. The van der Waals surface area contributed by atoms with Gasteiger partial charge in [-0.2, -0.15) is 5.10 Å². The predicted molar refractivity (Wildman–Crippen MR) is 127 cm³/mol. The SMILES string of the molecule is CCc1c(C(=O)Nc2cccc(S(=O)(=O)Nc3ccccc3Cl)c2)cnn1-c1ccccn1. The molecule has 0 aliphatic carbocycles. The van der Waals surface area contributed by atoms with Crippen LogP contribution < -0.4 is 10.0 Å². The van der Waals surface area contributed by atoms with Gasteiger partial charge in [-0.05, 0) is 48.9 Å². The van der Waals surface area contributed by atoms with E-state index >= 15 is 0 Å². The number of para-hydroxylation sites is 1. The maximum atomic E-state index is 13.0. The second-order valence-corrected chi connectivity index (χ2v) is 9.12. The lowest BCUT2D eigenvalue weighted by Gasteiger charge is -2.11. The largest absolute Gasteiger partial charge is 0.322 e. The van der Waals surface area contributed by atoms with Crippen LogP contribution >= 0.6 is 11.6 Å². The number of halogens is 1. The first-order valence-electron chi connectivity index (χ1n) is 10.1. The lowest BCUT2D eigenvalue weighted by atomic mass is 10.2. The Hall–Kier alpha value is -3.69. The van der Waals surface area contributed by atoms with Crippen molar-refractivity contribution in [2.24, 2.45) is 0 Å². The van der Waals surface area contributed by atoms with Gasteiger partial charge in [0, 0.05) is 11.9 Å². The summed E-state index contributed by atoms with van der Waals surface area (Å²) < 4.78 is 29.7. The van der Waals surface area contributed by atoms with Crippen LogP contribution in [0.25, 0.3) is 5.82 Å². The normalized spacial score (nSPS) is 11.2. The Balaban J connectivity index is 1.57. The quantitative estimate of drug-likeness (QED) is 0.403. The molecule has 1 amide bonds. The summed E-state index contributed by atoms with van der Waals surface area (Å²) in [6.45, 7) is 1.92. The summed E-state index contributed by atoms with van der Waals surface area (Å²) in [6.07, 6.45) is 3.68. The standard InChI is InChI=1S/C23H20ClN5O3S/c1-2-21-18(15-26-29(21)22-12-5-6-13-25-22)23(30)27-16-8-7-9-17(14-16)33(31,32)28-20-11-4-3-10-19(20)24/h3-15,28H,2H2,1H3,(H,27,30). The van der Waals surface area contributed by atoms with E-state index in [1.165, 1.54) is 18.3 Å². The lowest BCUT2D eigenvalue weighted by Crippen LogP contribution is -2.16. The highest BCUT2D eigenvalue weighted by Gasteiger charge is 2.20. The van der Waals surface area contributed by atoms with Crippen LogP contribution in [-0.2, 0) is 16.4 Å². The maximum Gasteiger partial charge on any atom is 0.262 e. The first-order chi connectivity index (χ1) is 15.9. The summed E-state index contributed by atoms with van der Waals surface area (Å²) in [5, 5.41) is 7.34. The molecule has 168 valence electrons. The number of anilines is 2. The molecule has 4 rings (SSSR count). The van der Waals surface area contributed by atoms with Gasteiger partial charge in [0.1, 0.15) is 0 Å². The minimum Gasteiger partial charge on any atom is -0.322 e. The molecule has 0 aliphatic rings. The van der Waals surface area contributed by atoms with E-state index in [4.69, 9.17) is 11.6 Å². The molecule has 4 aromatic rings. The van der Waals surface area contributed by atoms with Crippen molar-refractivity contribution in [2.75, 3.05) is 10.0 Å². The monoisotopic (exact) mass is 481 g/mol. The van der Waals surface area contributed by atoms with Crippen LogP contribution in [0.3, 0.4) is 0 Å². The van der Waals surface area contributed by atoms with Gasteiger partial charge in [0.05, 0.1) is 33.1 Å². The molecule has 0 bridgehead atoms. The van der Waals surface area contributed by atoms with Gasteiger partial charge in [-0.25, -0.2) is 18.1 Å². The number of rotatable bonds is 7. The summed E-state index contributed by atoms with van der Waals surface area (Å²) in [5.41, 5.74) is 1.67. The average molecular weight is 482 g/mol. The number of benzene rings is 2. The van der Waals surface area contributed by atoms with E-state index in [1.807, 2.05) is 13.0 Å². The molecule has 2 heterocycles. The van der Waals surface area contributed by atoms with Gasteiger partial charge in [0.15, 0.2) is 5.82 Å². The van der Waals surface area contributed by atoms with Gasteiger partial charge in [-0.15, -0.1) is 0 Å². The number of sulfonamides is 1. The maximum absolute atomic E-state index is 13.0. The zero-order valence-electron chi connectivity index (χ0n) is 17.6. The summed E-state index contributed by atoms with van der Waals surface area (Å²) in [6, 6.07) is 18.0. The molecular weight excluding hydrogens is 462 g/mol. The number of hydrogen-bond acceptors (Lipinski definition) is 5. The smallest absolute Gasteiger partial charge is 0.262 e. The summed E-state index contributed by atoms with van der Waals surface area (Å²) in [4.78, 5) is 17.2. The number of amides is 1. The second-order valence-electron chi connectivity index (χ2n) is 7.03. The molecule has 0 fully saturated rings. The predicted octanol–water partition coefficient (Wildman–Crippen LogP) is 4.54. The average Bonchev–Trinajstić information content (AvgIpc) is 3.26. The van der Waals surface area contributed by atoms with Crippen LogP contribution in [0.5, 0.6) is 0 Å². The molecular formula is C23H20ClN5O3S. The van der Waals surface area contributed by atoms with Crippen LogP contribution in [0.2, 0.25) is 5.02 Å². The summed E-state index contributed by atoms with van der Waals surface area (Å²) >= 11 is 6.06. The van der Waals surface area contributed by atoms with Crippen LogP contribution in [0.1, 0.15) is 23.0 Å². The van der Waals surface area contributed by atoms with Crippen molar-refractivity contribution >= 4 is 38.9 Å². The Morgan fingerprint density at radius 2 is 1.85 bits per heavy atom.